The zero-order chi connectivity index (χ0) is 18.2. The molecule has 0 saturated heterocycles. The Morgan fingerprint density at radius 3 is 2.44 bits per heavy atom. The topological polar surface area (TPSA) is 70.2 Å². The molecule has 0 unspecified atom stereocenters. The molecule has 2 aromatic rings. The van der Waals surface area contributed by atoms with E-state index in [1.165, 1.54) is 0 Å². The van der Waals surface area contributed by atoms with E-state index in [1.807, 2.05) is 6.92 Å². The molecule has 0 fully saturated rings. The Morgan fingerprint density at radius 1 is 1.04 bits per heavy atom. The molecule has 2 rings (SSSR count). The van der Waals surface area contributed by atoms with Gasteiger partial charge in [-0.25, -0.2) is 0 Å². The number of amides is 2. The fourth-order valence-corrected chi connectivity index (χ4v) is 2.40. The second-order valence-corrected chi connectivity index (χ2v) is 6.12. The van der Waals surface area contributed by atoms with Gasteiger partial charge in [-0.2, -0.15) is 0 Å². The van der Waals surface area contributed by atoms with Crippen molar-refractivity contribution in [3.8, 4) is 0 Å². The van der Waals surface area contributed by atoms with Crippen LogP contribution in [-0.2, 0) is 4.79 Å². The van der Waals surface area contributed by atoms with Crippen molar-refractivity contribution in [1.29, 1.82) is 0 Å². The molecular weight excluding hydrogens is 361 g/mol. The first-order valence-corrected chi connectivity index (χ1v) is 8.63. The van der Waals surface area contributed by atoms with Crippen LogP contribution in [0.1, 0.15) is 23.7 Å². The van der Waals surface area contributed by atoms with Crippen LogP contribution in [0.2, 0.25) is 10.0 Å². The summed E-state index contributed by atoms with van der Waals surface area (Å²) in [5.74, 6) is -0.365. The minimum atomic E-state index is -0.256. The first-order chi connectivity index (χ1) is 12.0. The molecule has 0 aromatic heterocycles. The summed E-state index contributed by atoms with van der Waals surface area (Å²) in [5, 5.41) is 9.17. The van der Waals surface area contributed by atoms with E-state index in [4.69, 9.17) is 23.2 Å². The fourth-order valence-electron chi connectivity index (χ4n) is 2.06. The molecule has 7 heteroatoms. The molecule has 25 heavy (non-hydrogen) atoms. The molecule has 5 nitrogen and oxygen atoms in total. The minimum Gasteiger partial charge on any atom is -0.376 e. The Bertz CT molecular complexity index is 748. The highest BCUT2D eigenvalue weighted by atomic mass is 35.5. The van der Waals surface area contributed by atoms with E-state index in [9.17, 15) is 9.59 Å². The van der Waals surface area contributed by atoms with Crippen LogP contribution in [0.4, 0.5) is 11.4 Å². The molecule has 0 radical (unpaired) electrons. The molecule has 0 atom stereocenters. The van der Waals surface area contributed by atoms with Crippen LogP contribution in [0.5, 0.6) is 0 Å². The summed E-state index contributed by atoms with van der Waals surface area (Å²) in [5.41, 5.74) is 1.78. The first kappa shape index (κ1) is 19.1. The smallest absolute Gasteiger partial charge is 0.251 e. The predicted octanol–water partition coefficient (Wildman–Crippen LogP) is 4.18. The second kappa shape index (κ2) is 9.30. The number of rotatable bonds is 7. The van der Waals surface area contributed by atoms with Gasteiger partial charge in [-0.15, -0.1) is 0 Å². The van der Waals surface area contributed by atoms with E-state index < -0.39 is 0 Å². The third kappa shape index (κ3) is 5.66. The molecular formula is C18H19Cl2N3O2. The van der Waals surface area contributed by atoms with Gasteiger partial charge in [-0.1, -0.05) is 36.2 Å². The molecule has 2 amide bonds. The van der Waals surface area contributed by atoms with Crippen LogP contribution in [-0.4, -0.2) is 24.9 Å². The molecule has 0 aliphatic heterocycles. The number of hydrogen-bond donors (Lipinski definition) is 3. The van der Waals surface area contributed by atoms with Gasteiger partial charge in [0.25, 0.3) is 5.91 Å². The molecule has 2 aromatic carbocycles. The van der Waals surface area contributed by atoms with E-state index in [0.717, 1.165) is 12.1 Å². The summed E-state index contributed by atoms with van der Waals surface area (Å²) in [6.45, 7) is 2.70. The molecule has 0 bridgehead atoms. The third-order valence-electron chi connectivity index (χ3n) is 3.36. The minimum absolute atomic E-state index is 0.0597. The molecule has 3 N–H and O–H groups in total. The maximum absolute atomic E-state index is 12.0. The highest BCUT2D eigenvalue weighted by Crippen LogP contribution is 2.29. The molecule has 0 spiro atoms. The zero-order valence-electron chi connectivity index (χ0n) is 13.7. The normalized spacial score (nSPS) is 10.2. The largest absolute Gasteiger partial charge is 0.376 e. The summed E-state index contributed by atoms with van der Waals surface area (Å²) in [6.07, 6.45) is 0.886. The molecule has 132 valence electrons. The highest BCUT2D eigenvalue weighted by Gasteiger charge is 2.09. The predicted molar refractivity (Wildman–Crippen MR) is 103 cm³/mol. The maximum atomic E-state index is 12.0. The van der Waals surface area contributed by atoms with Crippen LogP contribution in [0.25, 0.3) is 0 Å². The van der Waals surface area contributed by atoms with Gasteiger partial charge < -0.3 is 16.0 Å². The van der Waals surface area contributed by atoms with Gasteiger partial charge in [0.1, 0.15) is 0 Å². The van der Waals surface area contributed by atoms with Gasteiger partial charge >= 0.3 is 0 Å². The van der Waals surface area contributed by atoms with Crippen molar-refractivity contribution in [1.82, 2.24) is 5.32 Å². The second-order valence-electron chi connectivity index (χ2n) is 5.34. The lowest BCUT2D eigenvalue weighted by atomic mass is 10.2. The summed E-state index contributed by atoms with van der Waals surface area (Å²) >= 11 is 11.9. The molecule has 0 aliphatic rings. The molecule has 0 saturated carbocycles. The maximum Gasteiger partial charge on any atom is 0.251 e. The van der Waals surface area contributed by atoms with Crippen molar-refractivity contribution in [3.63, 3.8) is 0 Å². The Balaban J connectivity index is 1.87. The highest BCUT2D eigenvalue weighted by molar-refractivity contribution is 6.44. The monoisotopic (exact) mass is 379 g/mol. The van der Waals surface area contributed by atoms with E-state index >= 15 is 0 Å². The van der Waals surface area contributed by atoms with Gasteiger partial charge in [0, 0.05) is 17.8 Å². The molecule has 0 heterocycles. The van der Waals surface area contributed by atoms with Crippen molar-refractivity contribution < 1.29 is 9.59 Å². The summed E-state index contributed by atoms with van der Waals surface area (Å²) in [6, 6.07) is 11.9. The number of halogens is 2. The van der Waals surface area contributed by atoms with E-state index in [2.05, 4.69) is 16.0 Å². The SMILES string of the molecule is CCCNC(=O)c1ccc(NCC(=O)Nc2cccc(Cl)c2Cl)cc1. The lowest BCUT2D eigenvalue weighted by Gasteiger charge is -2.10. The van der Waals surface area contributed by atoms with Crippen LogP contribution in [0.15, 0.2) is 42.5 Å². The van der Waals surface area contributed by atoms with Crippen LogP contribution in [0.3, 0.4) is 0 Å². The van der Waals surface area contributed by atoms with Crippen molar-refractivity contribution in [2.24, 2.45) is 0 Å². The lowest BCUT2D eigenvalue weighted by molar-refractivity contribution is -0.114. The van der Waals surface area contributed by atoms with Crippen molar-refractivity contribution >= 4 is 46.4 Å². The lowest BCUT2D eigenvalue weighted by Crippen LogP contribution is -2.24. The first-order valence-electron chi connectivity index (χ1n) is 7.87. The van der Waals surface area contributed by atoms with E-state index in [0.29, 0.717) is 27.8 Å². The number of carbonyl (C=O) groups is 2. The zero-order valence-corrected chi connectivity index (χ0v) is 15.2. The summed E-state index contributed by atoms with van der Waals surface area (Å²) < 4.78 is 0. The number of nitrogens with one attached hydrogen (secondary N) is 3. The number of carbonyl (C=O) groups excluding carboxylic acids is 2. The van der Waals surface area contributed by atoms with Crippen molar-refractivity contribution in [3.05, 3.63) is 58.1 Å². The van der Waals surface area contributed by atoms with Crippen molar-refractivity contribution in [2.75, 3.05) is 23.7 Å². The summed E-state index contributed by atoms with van der Waals surface area (Å²) in [4.78, 5) is 23.8. The Morgan fingerprint density at radius 2 is 1.76 bits per heavy atom. The van der Waals surface area contributed by atoms with Gasteiger partial charge in [0.2, 0.25) is 5.91 Å². The number of hydrogen-bond acceptors (Lipinski definition) is 3. The van der Waals surface area contributed by atoms with Gasteiger partial charge in [0.05, 0.1) is 22.3 Å². The Kier molecular flexibility index (Phi) is 7.10. The van der Waals surface area contributed by atoms with Gasteiger partial charge in [0.15, 0.2) is 0 Å². The van der Waals surface area contributed by atoms with E-state index in [-0.39, 0.29) is 18.4 Å². The average Bonchev–Trinajstić information content (AvgIpc) is 2.62. The van der Waals surface area contributed by atoms with Crippen LogP contribution in [0, 0.1) is 0 Å². The molecule has 0 aliphatic carbocycles. The fraction of sp³-hybridized carbons (Fsp3) is 0.222. The van der Waals surface area contributed by atoms with E-state index in [1.54, 1.807) is 42.5 Å². The number of benzene rings is 2. The Labute approximate surface area is 156 Å². The summed E-state index contributed by atoms with van der Waals surface area (Å²) in [7, 11) is 0. The van der Waals surface area contributed by atoms with Crippen LogP contribution < -0.4 is 16.0 Å². The third-order valence-corrected chi connectivity index (χ3v) is 4.18. The standard InChI is InChI=1S/C18H19Cl2N3O2/c1-2-10-21-18(25)12-6-8-13(9-7-12)22-11-16(24)23-15-5-3-4-14(19)17(15)20/h3-9,22H,2,10-11H2,1H3,(H,21,25)(H,23,24). The average molecular weight is 380 g/mol. The quantitative estimate of drug-likeness (QED) is 0.675. The van der Waals surface area contributed by atoms with Crippen molar-refractivity contribution in [2.45, 2.75) is 13.3 Å². The Hall–Kier alpha value is -2.24. The van der Waals surface area contributed by atoms with Gasteiger partial charge in [-0.05, 0) is 42.8 Å². The van der Waals surface area contributed by atoms with Gasteiger partial charge in [-0.3, -0.25) is 9.59 Å². The number of anilines is 2. The van der Waals surface area contributed by atoms with Crippen LogP contribution >= 0.6 is 23.2 Å².